The second-order valence-electron chi connectivity index (χ2n) is 8.90. The van der Waals surface area contributed by atoms with E-state index in [9.17, 15) is 14.4 Å². The number of amides is 1. The Morgan fingerprint density at radius 3 is 2.32 bits per heavy atom. The number of alkyl carbamates (subject to hydrolysis) is 1. The molecule has 4 rings (SSSR count). The summed E-state index contributed by atoms with van der Waals surface area (Å²) in [6.45, 7) is 3.79. The Balaban J connectivity index is 1.50. The largest absolute Gasteiger partial charge is 0.445 e. The lowest BCUT2D eigenvalue weighted by atomic mass is 9.99. The number of carbonyl (C=O) groups excluding carboxylic acids is 2. The molecule has 0 fully saturated rings. The third kappa shape index (κ3) is 6.61. The summed E-state index contributed by atoms with van der Waals surface area (Å²) in [5, 5.41) is 3.38. The molecule has 0 saturated carbocycles. The molecule has 0 aliphatic rings. The van der Waals surface area contributed by atoms with Crippen molar-refractivity contribution < 1.29 is 23.5 Å². The zero-order valence-corrected chi connectivity index (χ0v) is 21.9. The SMILES string of the molecule is CCCC(NC(=O)OCc1ccccc1)C(=O)Oc1cc2oc(=O)c(Cc3ccccc3)c(C)c2cc1Cl. The highest BCUT2D eigenvalue weighted by molar-refractivity contribution is 6.33. The lowest BCUT2D eigenvalue weighted by Gasteiger charge is -2.17. The molecule has 0 radical (unpaired) electrons. The number of benzene rings is 3. The first-order chi connectivity index (χ1) is 18.4. The van der Waals surface area contributed by atoms with Crippen molar-refractivity contribution in [2.45, 2.75) is 45.8 Å². The number of esters is 1. The summed E-state index contributed by atoms with van der Waals surface area (Å²) in [7, 11) is 0. The lowest BCUT2D eigenvalue weighted by Crippen LogP contribution is -2.43. The minimum Gasteiger partial charge on any atom is -0.445 e. The van der Waals surface area contributed by atoms with Gasteiger partial charge in [0.1, 0.15) is 18.2 Å². The molecule has 1 unspecified atom stereocenters. The molecule has 7 nitrogen and oxygen atoms in total. The topological polar surface area (TPSA) is 94.8 Å². The zero-order chi connectivity index (χ0) is 27.1. The fourth-order valence-electron chi connectivity index (χ4n) is 4.10. The van der Waals surface area contributed by atoms with E-state index in [1.54, 1.807) is 6.07 Å². The Morgan fingerprint density at radius 2 is 1.66 bits per heavy atom. The Labute approximate surface area is 225 Å². The average Bonchev–Trinajstić information content (AvgIpc) is 2.92. The standard InChI is InChI=1S/C30H28ClNO6/c1-3-10-25(32-30(35)36-18-21-13-8-5-9-14-21)29(34)38-27-17-26-22(16-24(27)31)19(2)23(28(33)37-26)15-20-11-6-4-7-12-20/h4-9,11-14,16-17,25H,3,10,15,18H2,1-2H3,(H,32,35). The number of carbonyl (C=O) groups is 2. The molecule has 4 aromatic rings. The molecule has 1 amide bonds. The highest BCUT2D eigenvalue weighted by Gasteiger charge is 2.24. The van der Waals surface area contributed by atoms with Crippen molar-refractivity contribution in [1.82, 2.24) is 5.32 Å². The first-order valence-corrected chi connectivity index (χ1v) is 12.7. The monoisotopic (exact) mass is 533 g/mol. The van der Waals surface area contributed by atoms with Crippen LogP contribution < -0.4 is 15.7 Å². The van der Waals surface area contributed by atoms with E-state index in [1.165, 1.54) is 6.07 Å². The van der Waals surface area contributed by atoms with Crippen molar-refractivity contribution in [2.75, 3.05) is 0 Å². The second-order valence-corrected chi connectivity index (χ2v) is 9.31. The maximum Gasteiger partial charge on any atom is 0.408 e. The summed E-state index contributed by atoms with van der Waals surface area (Å²) in [6, 6.07) is 20.9. The van der Waals surface area contributed by atoms with E-state index in [1.807, 2.05) is 74.5 Å². The minimum absolute atomic E-state index is 0.0306. The molecule has 196 valence electrons. The third-order valence-corrected chi connectivity index (χ3v) is 6.44. The molecule has 1 aromatic heterocycles. The van der Waals surface area contributed by atoms with Crippen LogP contribution >= 0.6 is 11.6 Å². The molecule has 0 saturated heterocycles. The average molecular weight is 534 g/mol. The van der Waals surface area contributed by atoms with Crippen molar-refractivity contribution in [2.24, 2.45) is 0 Å². The van der Waals surface area contributed by atoms with Crippen LogP contribution in [0.3, 0.4) is 0 Å². The molecule has 0 aliphatic carbocycles. The van der Waals surface area contributed by atoms with Crippen molar-refractivity contribution >= 4 is 34.6 Å². The van der Waals surface area contributed by atoms with Crippen molar-refractivity contribution in [3.05, 3.63) is 110 Å². The van der Waals surface area contributed by atoms with Gasteiger partial charge in [-0.05, 0) is 36.1 Å². The minimum atomic E-state index is -0.947. The van der Waals surface area contributed by atoms with Gasteiger partial charge in [-0.2, -0.15) is 0 Å². The van der Waals surface area contributed by atoms with Crippen LogP contribution in [0.1, 0.15) is 42.0 Å². The van der Waals surface area contributed by atoms with Gasteiger partial charge in [0.15, 0.2) is 5.75 Å². The van der Waals surface area contributed by atoms with Gasteiger partial charge in [0.25, 0.3) is 0 Å². The van der Waals surface area contributed by atoms with Crippen LogP contribution in [0.2, 0.25) is 5.02 Å². The first kappa shape index (κ1) is 26.9. The summed E-state index contributed by atoms with van der Waals surface area (Å²) in [5.74, 6) is -0.674. The van der Waals surface area contributed by atoms with E-state index in [-0.39, 0.29) is 23.0 Å². The molecule has 1 atom stereocenters. The molecule has 0 spiro atoms. The molecule has 0 bridgehead atoms. The van der Waals surface area contributed by atoms with Crippen LogP contribution in [0.4, 0.5) is 4.79 Å². The maximum atomic E-state index is 12.9. The van der Waals surface area contributed by atoms with Crippen molar-refractivity contribution in [1.29, 1.82) is 0 Å². The number of nitrogens with one attached hydrogen (secondary N) is 1. The van der Waals surface area contributed by atoms with Gasteiger partial charge in [-0.15, -0.1) is 0 Å². The molecular formula is C30H28ClNO6. The van der Waals surface area contributed by atoms with Gasteiger partial charge >= 0.3 is 17.7 Å². The van der Waals surface area contributed by atoms with Gasteiger partial charge in [0, 0.05) is 23.4 Å². The molecule has 0 aliphatic heterocycles. The van der Waals surface area contributed by atoms with E-state index >= 15 is 0 Å². The third-order valence-electron chi connectivity index (χ3n) is 6.14. The summed E-state index contributed by atoms with van der Waals surface area (Å²) in [4.78, 5) is 38.1. The van der Waals surface area contributed by atoms with Gasteiger partial charge in [0.2, 0.25) is 0 Å². The Morgan fingerprint density at radius 1 is 1.00 bits per heavy atom. The summed E-state index contributed by atoms with van der Waals surface area (Å²) in [6.07, 6.45) is 0.634. The number of hydrogen-bond donors (Lipinski definition) is 1. The summed E-state index contributed by atoms with van der Waals surface area (Å²) < 4.78 is 16.3. The fourth-order valence-corrected chi connectivity index (χ4v) is 4.30. The molecule has 38 heavy (non-hydrogen) atoms. The molecular weight excluding hydrogens is 506 g/mol. The van der Waals surface area contributed by atoms with Gasteiger partial charge in [0.05, 0.1) is 5.02 Å². The Hall–Kier alpha value is -4.10. The lowest BCUT2D eigenvalue weighted by molar-refractivity contribution is -0.136. The van der Waals surface area contributed by atoms with Crippen LogP contribution in [0.25, 0.3) is 11.0 Å². The number of rotatable bonds is 9. The van der Waals surface area contributed by atoms with Gasteiger partial charge in [-0.1, -0.05) is 85.6 Å². The van der Waals surface area contributed by atoms with Crippen LogP contribution in [0.5, 0.6) is 5.75 Å². The van der Waals surface area contributed by atoms with Gasteiger partial charge < -0.3 is 19.2 Å². The zero-order valence-electron chi connectivity index (χ0n) is 21.2. The second kappa shape index (κ2) is 12.4. The van der Waals surface area contributed by atoms with Crippen LogP contribution in [-0.2, 0) is 22.6 Å². The number of hydrogen-bond acceptors (Lipinski definition) is 6. The van der Waals surface area contributed by atoms with Crippen molar-refractivity contribution in [3.63, 3.8) is 0 Å². The maximum absolute atomic E-state index is 12.9. The van der Waals surface area contributed by atoms with E-state index in [0.29, 0.717) is 30.2 Å². The Kier molecular flexibility index (Phi) is 8.81. The van der Waals surface area contributed by atoms with Gasteiger partial charge in [-0.25, -0.2) is 14.4 Å². The first-order valence-electron chi connectivity index (χ1n) is 12.3. The molecule has 1 N–H and O–H groups in total. The van der Waals surface area contributed by atoms with Crippen molar-refractivity contribution in [3.8, 4) is 5.75 Å². The predicted octanol–water partition coefficient (Wildman–Crippen LogP) is 6.35. The van der Waals surface area contributed by atoms with Crippen LogP contribution in [-0.4, -0.2) is 18.1 Å². The number of ether oxygens (including phenoxy) is 2. The summed E-state index contributed by atoms with van der Waals surface area (Å²) >= 11 is 6.47. The number of halogens is 1. The molecule has 8 heteroatoms. The molecule has 3 aromatic carbocycles. The Bertz CT molecular complexity index is 1480. The fraction of sp³-hybridized carbons (Fsp3) is 0.233. The van der Waals surface area contributed by atoms with E-state index in [4.69, 9.17) is 25.5 Å². The predicted molar refractivity (Wildman–Crippen MR) is 146 cm³/mol. The quantitative estimate of drug-likeness (QED) is 0.153. The van der Waals surface area contributed by atoms with E-state index in [0.717, 1.165) is 16.7 Å². The van der Waals surface area contributed by atoms with E-state index < -0.39 is 23.7 Å². The highest BCUT2D eigenvalue weighted by Crippen LogP contribution is 2.32. The number of fused-ring (bicyclic) bond motifs is 1. The highest BCUT2D eigenvalue weighted by atomic mass is 35.5. The van der Waals surface area contributed by atoms with Crippen LogP contribution in [0.15, 0.2) is 82.0 Å². The van der Waals surface area contributed by atoms with E-state index in [2.05, 4.69) is 5.32 Å². The smallest absolute Gasteiger partial charge is 0.408 e. The summed E-state index contributed by atoms with van der Waals surface area (Å²) in [5.41, 5.74) is 2.86. The normalized spacial score (nSPS) is 11.7. The van der Waals surface area contributed by atoms with Gasteiger partial charge in [-0.3, -0.25) is 0 Å². The number of aryl methyl sites for hydroxylation is 1. The van der Waals surface area contributed by atoms with Crippen LogP contribution in [0, 0.1) is 6.92 Å². The molecule has 1 heterocycles.